The van der Waals surface area contributed by atoms with E-state index in [1.54, 1.807) is 0 Å². The molecule has 0 saturated heterocycles. The van der Waals surface area contributed by atoms with E-state index >= 15 is 0 Å². The molecular formula is C10H8INO. The number of fused-ring (bicyclic) bond motifs is 1. The van der Waals surface area contributed by atoms with E-state index in [1.165, 1.54) is 5.56 Å². The van der Waals surface area contributed by atoms with Crippen molar-refractivity contribution < 1.29 is 0 Å². The van der Waals surface area contributed by atoms with E-state index in [-0.39, 0.29) is 5.56 Å². The van der Waals surface area contributed by atoms with Gasteiger partial charge in [-0.15, -0.1) is 0 Å². The molecule has 0 fully saturated rings. The first-order valence-corrected chi connectivity index (χ1v) is 5.04. The Bertz CT molecular complexity index is 516. The molecule has 0 unspecified atom stereocenters. The highest BCUT2D eigenvalue weighted by Gasteiger charge is 1.98. The number of H-pyrrole nitrogens is 1. The van der Waals surface area contributed by atoms with Crippen LogP contribution in [0.1, 0.15) is 5.56 Å². The molecule has 0 radical (unpaired) electrons. The molecule has 0 aliphatic carbocycles. The van der Waals surface area contributed by atoms with Crippen LogP contribution in [0.25, 0.3) is 10.9 Å². The van der Waals surface area contributed by atoms with E-state index in [0.717, 1.165) is 14.5 Å². The number of hydrogen-bond donors (Lipinski definition) is 1. The lowest BCUT2D eigenvalue weighted by atomic mass is 10.1. The number of rotatable bonds is 0. The predicted octanol–water partition coefficient (Wildman–Crippen LogP) is 2.44. The number of halogens is 1. The summed E-state index contributed by atoms with van der Waals surface area (Å²) in [5.74, 6) is 0. The van der Waals surface area contributed by atoms with Gasteiger partial charge in [0, 0.05) is 5.52 Å². The Kier molecular flexibility index (Phi) is 2.11. The molecule has 3 heteroatoms. The van der Waals surface area contributed by atoms with Gasteiger partial charge in [-0.3, -0.25) is 4.79 Å². The molecule has 0 saturated carbocycles. The third kappa shape index (κ3) is 1.60. The second-order valence-electron chi connectivity index (χ2n) is 3.04. The molecule has 0 spiro atoms. The second kappa shape index (κ2) is 3.14. The number of aryl methyl sites for hydroxylation is 1. The number of aromatic nitrogens is 1. The van der Waals surface area contributed by atoms with E-state index in [4.69, 9.17) is 0 Å². The number of pyridine rings is 1. The molecule has 66 valence electrons. The highest BCUT2D eigenvalue weighted by atomic mass is 127. The van der Waals surface area contributed by atoms with Crippen molar-refractivity contribution in [2.24, 2.45) is 0 Å². The second-order valence-corrected chi connectivity index (χ2v) is 4.20. The number of aromatic amines is 1. The van der Waals surface area contributed by atoms with Crippen molar-refractivity contribution in [2.45, 2.75) is 6.92 Å². The molecule has 1 heterocycles. The predicted molar refractivity (Wildman–Crippen MR) is 62.0 cm³/mol. The lowest BCUT2D eigenvalue weighted by molar-refractivity contribution is 1.27. The largest absolute Gasteiger partial charge is 0.321 e. The van der Waals surface area contributed by atoms with E-state index in [1.807, 2.05) is 47.7 Å². The first-order chi connectivity index (χ1) is 6.16. The Hall–Kier alpha value is -0.840. The maximum Gasteiger partial charge on any atom is 0.261 e. The average molecular weight is 285 g/mol. The van der Waals surface area contributed by atoms with E-state index in [0.29, 0.717) is 0 Å². The van der Waals surface area contributed by atoms with E-state index < -0.39 is 0 Å². The summed E-state index contributed by atoms with van der Waals surface area (Å²) in [7, 11) is 0. The van der Waals surface area contributed by atoms with Gasteiger partial charge < -0.3 is 4.98 Å². The smallest absolute Gasteiger partial charge is 0.261 e. The highest BCUT2D eigenvalue weighted by Crippen LogP contribution is 2.13. The average Bonchev–Trinajstić information content (AvgIpc) is 2.08. The summed E-state index contributed by atoms with van der Waals surface area (Å²) in [5, 5.41) is 1.09. The maximum absolute atomic E-state index is 11.3. The van der Waals surface area contributed by atoms with Crippen molar-refractivity contribution in [3.63, 3.8) is 0 Å². The van der Waals surface area contributed by atoms with Crippen LogP contribution < -0.4 is 5.56 Å². The van der Waals surface area contributed by atoms with Crippen molar-refractivity contribution in [2.75, 3.05) is 0 Å². The lowest BCUT2D eigenvalue weighted by Crippen LogP contribution is -2.08. The molecule has 0 aliphatic heterocycles. The third-order valence-electron chi connectivity index (χ3n) is 1.95. The Morgan fingerprint density at radius 3 is 2.85 bits per heavy atom. The van der Waals surface area contributed by atoms with Gasteiger partial charge in [0.1, 0.15) is 0 Å². The zero-order valence-electron chi connectivity index (χ0n) is 7.10. The van der Waals surface area contributed by atoms with Crippen LogP contribution in [-0.4, -0.2) is 4.98 Å². The molecule has 2 rings (SSSR count). The minimum absolute atomic E-state index is 0.0167. The Balaban J connectivity index is 2.89. The van der Waals surface area contributed by atoms with Gasteiger partial charge in [0.15, 0.2) is 0 Å². The monoisotopic (exact) mass is 285 g/mol. The summed E-state index contributed by atoms with van der Waals surface area (Å²) < 4.78 is 0.732. The summed E-state index contributed by atoms with van der Waals surface area (Å²) in [6, 6.07) is 7.89. The SMILES string of the molecule is Cc1ccc2[nH]c(=O)c(I)cc2c1. The Morgan fingerprint density at radius 1 is 1.31 bits per heavy atom. The first kappa shape index (κ1) is 8.74. The lowest BCUT2D eigenvalue weighted by Gasteiger charge is -1.99. The molecule has 2 nitrogen and oxygen atoms in total. The van der Waals surface area contributed by atoms with Crippen LogP contribution in [0.4, 0.5) is 0 Å². The van der Waals surface area contributed by atoms with Gasteiger partial charge in [-0.25, -0.2) is 0 Å². The van der Waals surface area contributed by atoms with Crippen LogP contribution in [0, 0.1) is 10.5 Å². The standard InChI is InChI=1S/C10H8INO/c1-6-2-3-9-7(4-6)5-8(11)10(13)12-9/h2-5H,1H3,(H,12,13). The summed E-state index contributed by atoms with van der Waals surface area (Å²) in [6.07, 6.45) is 0. The molecule has 1 aromatic carbocycles. The van der Waals surface area contributed by atoms with Gasteiger partial charge in [0.2, 0.25) is 0 Å². The van der Waals surface area contributed by atoms with Crippen LogP contribution in [0.5, 0.6) is 0 Å². The summed E-state index contributed by atoms with van der Waals surface area (Å²) in [6.45, 7) is 2.04. The number of nitrogens with one attached hydrogen (secondary N) is 1. The van der Waals surface area contributed by atoms with Gasteiger partial charge in [-0.05, 0) is 53.1 Å². The molecule has 0 atom stereocenters. The van der Waals surface area contributed by atoms with Gasteiger partial charge in [-0.1, -0.05) is 11.6 Å². The fourth-order valence-electron chi connectivity index (χ4n) is 1.30. The van der Waals surface area contributed by atoms with Crippen molar-refractivity contribution >= 4 is 33.5 Å². The Labute approximate surface area is 89.1 Å². The molecule has 13 heavy (non-hydrogen) atoms. The van der Waals surface area contributed by atoms with Gasteiger partial charge in [0.05, 0.1) is 3.57 Å². The number of hydrogen-bond acceptors (Lipinski definition) is 1. The summed E-state index contributed by atoms with van der Waals surface area (Å²) in [5.41, 5.74) is 2.09. The third-order valence-corrected chi connectivity index (χ3v) is 2.76. The highest BCUT2D eigenvalue weighted by molar-refractivity contribution is 14.1. The normalized spacial score (nSPS) is 10.6. The number of benzene rings is 1. The van der Waals surface area contributed by atoms with Gasteiger partial charge in [-0.2, -0.15) is 0 Å². The molecule has 2 aromatic rings. The first-order valence-electron chi connectivity index (χ1n) is 3.96. The molecule has 0 bridgehead atoms. The van der Waals surface area contributed by atoms with Crippen LogP contribution in [-0.2, 0) is 0 Å². The Morgan fingerprint density at radius 2 is 2.08 bits per heavy atom. The molecule has 1 N–H and O–H groups in total. The zero-order valence-corrected chi connectivity index (χ0v) is 9.25. The van der Waals surface area contributed by atoms with Crippen molar-refractivity contribution in [3.05, 3.63) is 43.8 Å². The van der Waals surface area contributed by atoms with Crippen molar-refractivity contribution in [1.82, 2.24) is 4.98 Å². The summed E-state index contributed by atoms with van der Waals surface area (Å²) >= 11 is 2.04. The zero-order chi connectivity index (χ0) is 9.42. The van der Waals surface area contributed by atoms with Crippen LogP contribution in [0.3, 0.4) is 0 Å². The fraction of sp³-hybridized carbons (Fsp3) is 0.100. The van der Waals surface area contributed by atoms with Crippen molar-refractivity contribution in [1.29, 1.82) is 0 Å². The van der Waals surface area contributed by atoms with Gasteiger partial charge in [0.25, 0.3) is 5.56 Å². The van der Waals surface area contributed by atoms with Crippen LogP contribution in [0.2, 0.25) is 0 Å². The minimum Gasteiger partial charge on any atom is -0.321 e. The molecule has 0 amide bonds. The minimum atomic E-state index is -0.0167. The van der Waals surface area contributed by atoms with Crippen LogP contribution >= 0.6 is 22.6 Å². The maximum atomic E-state index is 11.3. The van der Waals surface area contributed by atoms with Crippen LogP contribution in [0.15, 0.2) is 29.1 Å². The topological polar surface area (TPSA) is 32.9 Å². The molecule has 0 aliphatic rings. The fourth-order valence-corrected chi connectivity index (χ4v) is 1.77. The van der Waals surface area contributed by atoms with Crippen molar-refractivity contribution in [3.8, 4) is 0 Å². The quantitative estimate of drug-likeness (QED) is 0.741. The van der Waals surface area contributed by atoms with Gasteiger partial charge >= 0.3 is 0 Å². The summed E-state index contributed by atoms with van der Waals surface area (Å²) in [4.78, 5) is 14.1. The van der Waals surface area contributed by atoms with E-state index in [9.17, 15) is 4.79 Å². The molecular weight excluding hydrogens is 277 g/mol. The molecule has 1 aromatic heterocycles. The van der Waals surface area contributed by atoms with E-state index in [2.05, 4.69) is 11.1 Å².